The van der Waals surface area contributed by atoms with Gasteiger partial charge in [0.1, 0.15) is 6.10 Å². The van der Waals surface area contributed by atoms with Crippen molar-refractivity contribution < 1.29 is 35.1 Å². The van der Waals surface area contributed by atoms with Gasteiger partial charge in [-0.25, -0.2) is 0 Å². The predicted octanol–water partition coefficient (Wildman–Crippen LogP) is 3.94. The van der Waals surface area contributed by atoms with Crippen LogP contribution in [0.1, 0.15) is 47.0 Å². The molecule has 0 bridgehead atoms. The molecular weight excluding hydrogens is 522 g/mol. The van der Waals surface area contributed by atoms with Crippen LogP contribution in [0, 0.1) is 11.8 Å². The summed E-state index contributed by atoms with van der Waals surface area (Å²) >= 11 is 6.28. The van der Waals surface area contributed by atoms with E-state index in [1.54, 1.807) is 55.5 Å². The minimum Gasteiger partial charge on any atom is -0.481 e. The summed E-state index contributed by atoms with van der Waals surface area (Å²) in [6, 6.07) is 0. The molecule has 0 aliphatic heterocycles. The van der Waals surface area contributed by atoms with Crippen LogP contribution in [0.4, 0.5) is 0 Å². The number of carboxylic acid groups (broad SMARTS) is 1. The van der Waals surface area contributed by atoms with Gasteiger partial charge in [0.15, 0.2) is 0 Å². The van der Waals surface area contributed by atoms with Gasteiger partial charge in [-0.2, -0.15) is 0 Å². The van der Waals surface area contributed by atoms with E-state index >= 15 is 0 Å². The van der Waals surface area contributed by atoms with Crippen LogP contribution >= 0.6 is 11.6 Å². The monoisotopic (exact) mass is 565 g/mol. The normalized spacial score (nSPS) is 17.6. The van der Waals surface area contributed by atoms with Gasteiger partial charge in [-0.05, 0) is 25.3 Å². The Bertz CT molecular complexity index is 947. The SMILES string of the molecule is CC(/C=C/C=C/C(=O)NCCCC(=O)O)=C\C=C\C=C(/Cl)[C@@H](C)[C@@H](O)[C@H](O)[C@H](O)C[C@@H](O)/C=C/C=C/C(C)C. The Morgan fingerprint density at radius 2 is 1.46 bits per heavy atom. The van der Waals surface area contributed by atoms with Crippen molar-refractivity contribution in [1.29, 1.82) is 0 Å². The summed E-state index contributed by atoms with van der Waals surface area (Å²) in [6.07, 6.45) is 15.2. The maximum absolute atomic E-state index is 11.6. The van der Waals surface area contributed by atoms with Crippen LogP contribution in [0.25, 0.3) is 0 Å². The van der Waals surface area contributed by atoms with Crippen LogP contribution in [-0.2, 0) is 9.59 Å². The fourth-order valence-electron chi connectivity index (χ4n) is 3.05. The second-order valence-electron chi connectivity index (χ2n) is 9.51. The molecule has 6 N–H and O–H groups in total. The van der Waals surface area contributed by atoms with Crippen LogP contribution in [0.5, 0.6) is 0 Å². The molecule has 9 heteroatoms. The number of halogens is 1. The van der Waals surface area contributed by atoms with Gasteiger partial charge in [-0.1, -0.05) is 98.7 Å². The van der Waals surface area contributed by atoms with Gasteiger partial charge in [0.2, 0.25) is 5.91 Å². The van der Waals surface area contributed by atoms with E-state index in [0.717, 1.165) is 5.57 Å². The van der Waals surface area contributed by atoms with Crippen molar-refractivity contribution in [3.8, 4) is 0 Å². The number of allylic oxidation sites excluding steroid dienone is 11. The Morgan fingerprint density at radius 3 is 2.10 bits per heavy atom. The van der Waals surface area contributed by atoms with Crippen LogP contribution < -0.4 is 5.32 Å². The van der Waals surface area contributed by atoms with Gasteiger partial charge in [0, 0.05) is 36.4 Å². The summed E-state index contributed by atoms with van der Waals surface area (Å²) < 4.78 is 0. The zero-order chi connectivity index (χ0) is 29.8. The highest BCUT2D eigenvalue weighted by atomic mass is 35.5. The summed E-state index contributed by atoms with van der Waals surface area (Å²) in [4.78, 5) is 22.0. The number of carboxylic acids is 1. The van der Waals surface area contributed by atoms with E-state index in [1.165, 1.54) is 12.2 Å². The number of amides is 1. The molecule has 0 aromatic carbocycles. The molecule has 0 aromatic rings. The molecule has 1 amide bonds. The summed E-state index contributed by atoms with van der Waals surface area (Å²) in [7, 11) is 0. The quantitative estimate of drug-likeness (QED) is 0.0837. The van der Waals surface area contributed by atoms with Crippen molar-refractivity contribution in [1.82, 2.24) is 5.32 Å². The highest BCUT2D eigenvalue weighted by molar-refractivity contribution is 6.30. The highest BCUT2D eigenvalue weighted by Gasteiger charge is 2.31. The number of hydrogen-bond acceptors (Lipinski definition) is 6. The number of aliphatic hydroxyl groups excluding tert-OH is 4. The molecule has 0 aromatic heterocycles. The number of aliphatic hydroxyl groups is 4. The van der Waals surface area contributed by atoms with Gasteiger partial charge < -0.3 is 30.8 Å². The molecule has 5 atom stereocenters. The summed E-state index contributed by atoms with van der Waals surface area (Å²) in [5, 5.41) is 52.5. The molecule has 0 radical (unpaired) electrons. The first-order valence-corrected chi connectivity index (χ1v) is 13.3. The Labute approximate surface area is 237 Å². The van der Waals surface area contributed by atoms with Crippen LogP contribution in [0.3, 0.4) is 0 Å². The molecule has 0 saturated carbocycles. The molecule has 0 aliphatic carbocycles. The lowest BCUT2D eigenvalue weighted by Crippen LogP contribution is -2.42. The van der Waals surface area contributed by atoms with Gasteiger partial charge in [-0.15, -0.1) is 0 Å². The third kappa shape index (κ3) is 19.0. The predicted molar refractivity (Wildman–Crippen MR) is 156 cm³/mol. The third-order valence-electron chi connectivity index (χ3n) is 5.42. The van der Waals surface area contributed by atoms with Gasteiger partial charge in [0.25, 0.3) is 0 Å². The highest BCUT2D eigenvalue weighted by Crippen LogP contribution is 2.23. The van der Waals surface area contributed by atoms with Crippen molar-refractivity contribution in [3.05, 3.63) is 83.5 Å². The number of nitrogens with one attached hydrogen (secondary N) is 1. The molecule has 0 aliphatic rings. The van der Waals surface area contributed by atoms with Crippen molar-refractivity contribution in [3.63, 3.8) is 0 Å². The minimum absolute atomic E-state index is 0.00652. The second kappa shape index (κ2) is 21.1. The second-order valence-corrected chi connectivity index (χ2v) is 9.94. The molecule has 218 valence electrons. The van der Waals surface area contributed by atoms with E-state index in [2.05, 4.69) is 5.32 Å². The average molecular weight is 566 g/mol. The lowest BCUT2D eigenvalue weighted by molar-refractivity contribution is -0.137. The average Bonchev–Trinajstić information content (AvgIpc) is 2.87. The first kappa shape index (κ1) is 36.2. The Balaban J connectivity index is 4.71. The minimum atomic E-state index is -1.49. The molecule has 0 unspecified atom stereocenters. The number of rotatable bonds is 18. The van der Waals surface area contributed by atoms with E-state index in [0.29, 0.717) is 18.9 Å². The first-order chi connectivity index (χ1) is 18.3. The van der Waals surface area contributed by atoms with Crippen LogP contribution in [0.2, 0.25) is 0 Å². The van der Waals surface area contributed by atoms with E-state index in [9.17, 15) is 30.0 Å². The smallest absolute Gasteiger partial charge is 0.303 e. The maximum Gasteiger partial charge on any atom is 0.303 e. The first-order valence-electron chi connectivity index (χ1n) is 13.0. The fourth-order valence-corrected chi connectivity index (χ4v) is 3.26. The zero-order valence-corrected chi connectivity index (χ0v) is 23.9. The third-order valence-corrected chi connectivity index (χ3v) is 5.90. The molecule has 8 nitrogen and oxygen atoms in total. The van der Waals surface area contributed by atoms with Gasteiger partial charge in [-0.3, -0.25) is 9.59 Å². The number of hydrogen-bond donors (Lipinski definition) is 6. The largest absolute Gasteiger partial charge is 0.481 e. The standard InChI is InChI=1S/C30H44ClNO7/c1-21(2)12-5-8-15-24(33)20-26(34)30(39)29(38)23(4)25(31)16-9-6-13-22(3)14-7-10-17-27(35)32-19-11-18-28(36)37/h5-10,12-17,21,23-24,26,29-30,33-34,38-39H,11,18-20H2,1-4H3,(H,32,35)(H,36,37)/b9-6+,12-5+,14-7+,15-8+,17-10+,22-13+,25-16-/t23-,24+,26-,29-,30-/m1/s1. The Kier molecular flexibility index (Phi) is 19.6. The maximum atomic E-state index is 11.6. The van der Waals surface area contributed by atoms with Crippen molar-refractivity contribution in [2.45, 2.75) is 71.4 Å². The lowest BCUT2D eigenvalue weighted by Gasteiger charge is -2.27. The topological polar surface area (TPSA) is 147 Å². The Morgan fingerprint density at radius 1 is 0.846 bits per heavy atom. The van der Waals surface area contributed by atoms with Crippen molar-refractivity contribution in [2.75, 3.05) is 6.54 Å². The van der Waals surface area contributed by atoms with Gasteiger partial charge >= 0.3 is 5.97 Å². The number of aliphatic carboxylic acids is 1. The molecule has 39 heavy (non-hydrogen) atoms. The molecule has 0 saturated heterocycles. The van der Waals surface area contributed by atoms with E-state index in [-0.39, 0.29) is 23.8 Å². The van der Waals surface area contributed by atoms with E-state index in [1.807, 2.05) is 32.9 Å². The lowest BCUT2D eigenvalue weighted by atomic mass is 9.93. The number of carbonyl (C=O) groups excluding carboxylic acids is 1. The summed E-state index contributed by atoms with van der Waals surface area (Å²) in [5.41, 5.74) is 0.890. The van der Waals surface area contributed by atoms with E-state index in [4.69, 9.17) is 16.7 Å². The number of carbonyl (C=O) groups is 2. The van der Waals surface area contributed by atoms with Crippen molar-refractivity contribution >= 4 is 23.5 Å². The fraction of sp³-hybridized carbons (Fsp3) is 0.467. The molecule has 0 heterocycles. The molecule has 0 fully saturated rings. The van der Waals surface area contributed by atoms with E-state index < -0.39 is 36.3 Å². The zero-order valence-electron chi connectivity index (χ0n) is 23.2. The molecule has 0 rings (SSSR count). The Hall–Kier alpha value is -2.75. The molecule has 0 spiro atoms. The summed E-state index contributed by atoms with van der Waals surface area (Å²) in [5.74, 6) is -1.49. The molecular formula is C30H44ClNO7. The van der Waals surface area contributed by atoms with Crippen LogP contribution in [0.15, 0.2) is 83.5 Å². The van der Waals surface area contributed by atoms with Crippen LogP contribution in [-0.4, -0.2) is 68.4 Å². The van der Waals surface area contributed by atoms with Crippen molar-refractivity contribution in [2.24, 2.45) is 11.8 Å². The van der Waals surface area contributed by atoms with Gasteiger partial charge in [0.05, 0.1) is 18.3 Å². The summed E-state index contributed by atoms with van der Waals surface area (Å²) in [6.45, 7) is 7.83.